The van der Waals surface area contributed by atoms with Crippen molar-refractivity contribution in [3.63, 3.8) is 0 Å². The quantitative estimate of drug-likeness (QED) is 0.584. The van der Waals surface area contributed by atoms with Gasteiger partial charge in [-0.15, -0.1) is 0 Å². The molecular formula is C27H34N2O5S. The molecule has 4 rings (SSSR count). The Kier molecular flexibility index (Phi) is 6.47. The molecule has 1 saturated heterocycles. The number of nitrogens with zero attached hydrogens (tertiary/aromatic N) is 1. The number of carbonyl (C=O) groups is 2. The van der Waals surface area contributed by atoms with Gasteiger partial charge in [-0.05, 0) is 79.3 Å². The summed E-state index contributed by atoms with van der Waals surface area (Å²) in [5.41, 5.74) is 2.33. The lowest BCUT2D eigenvalue weighted by atomic mass is 9.65. The first-order valence-electron chi connectivity index (χ1n) is 11.9. The van der Waals surface area contributed by atoms with Gasteiger partial charge in [-0.2, -0.15) is 0 Å². The van der Waals surface area contributed by atoms with E-state index in [1.165, 1.54) is 12.1 Å². The van der Waals surface area contributed by atoms with Gasteiger partial charge in [0.1, 0.15) is 0 Å². The van der Waals surface area contributed by atoms with Crippen molar-refractivity contribution >= 4 is 27.6 Å². The molecule has 2 aromatic rings. The molecule has 2 unspecified atom stereocenters. The highest BCUT2D eigenvalue weighted by molar-refractivity contribution is 7.92. The van der Waals surface area contributed by atoms with E-state index in [0.717, 1.165) is 24.8 Å². The van der Waals surface area contributed by atoms with E-state index in [4.69, 9.17) is 4.74 Å². The average molecular weight is 499 g/mol. The van der Waals surface area contributed by atoms with Crippen LogP contribution >= 0.6 is 0 Å². The molecular weight excluding hydrogens is 464 g/mol. The van der Waals surface area contributed by atoms with Gasteiger partial charge in [0.2, 0.25) is 0 Å². The highest BCUT2D eigenvalue weighted by Gasteiger charge is 2.50. The van der Waals surface area contributed by atoms with Crippen LogP contribution in [0.5, 0.6) is 0 Å². The van der Waals surface area contributed by atoms with Gasteiger partial charge in [-0.1, -0.05) is 39.0 Å². The molecule has 1 aliphatic carbocycles. The molecule has 188 valence electrons. The van der Waals surface area contributed by atoms with E-state index in [0.29, 0.717) is 17.8 Å². The van der Waals surface area contributed by atoms with Gasteiger partial charge in [0.15, 0.2) is 6.61 Å². The number of fused-ring (bicyclic) bond motifs is 2. The summed E-state index contributed by atoms with van der Waals surface area (Å²) < 4.78 is 33.7. The smallest absolute Gasteiger partial charge is 0.338 e. The molecule has 0 spiro atoms. The number of carbonyl (C=O) groups excluding carboxylic acids is 2. The molecule has 1 N–H and O–H groups in total. The number of esters is 1. The normalized spacial score (nSPS) is 23.1. The molecule has 7 nitrogen and oxygen atoms in total. The molecule has 1 saturated carbocycles. The third-order valence-electron chi connectivity index (χ3n) is 7.07. The number of hydrogen-bond acceptors (Lipinski definition) is 5. The van der Waals surface area contributed by atoms with Crippen LogP contribution < -0.4 is 4.72 Å². The van der Waals surface area contributed by atoms with Gasteiger partial charge < -0.3 is 9.64 Å². The second-order valence-electron chi connectivity index (χ2n) is 11.3. The zero-order valence-electron chi connectivity index (χ0n) is 21.1. The van der Waals surface area contributed by atoms with Crippen molar-refractivity contribution in [1.29, 1.82) is 0 Å². The van der Waals surface area contributed by atoms with Crippen LogP contribution in [0.1, 0.15) is 61.5 Å². The Labute approximate surface area is 207 Å². The summed E-state index contributed by atoms with van der Waals surface area (Å²) in [5, 5.41) is 0. The van der Waals surface area contributed by atoms with Crippen molar-refractivity contribution in [2.75, 3.05) is 17.9 Å². The Bertz CT molecular complexity index is 1270. The molecule has 1 aliphatic heterocycles. The number of benzene rings is 2. The first-order chi connectivity index (χ1) is 16.3. The number of hydrogen-bond donors (Lipinski definition) is 1. The number of likely N-dealkylation sites (tertiary alicyclic amines) is 1. The molecule has 2 aliphatic rings. The molecule has 0 aromatic heterocycles. The summed E-state index contributed by atoms with van der Waals surface area (Å²) >= 11 is 0. The van der Waals surface area contributed by atoms with Crippen molar-refractivity contribution < 1.29 is 22.7 Å². The van der Waals surface area contributed by atoms with Gasteiger partial charge in [0, 0.05) is 18.3 Å². The molecule has 1 amide bonds. The van der Waals surface area contributed by atoms with Crippen LogP contribution in [0.2, 0.25) is 0 Å². The minimum absolute atomic E-state index is 0.0496. The Hall–Kier alpha value is -2.87. The van der Waals surface area contributed by atoms with E-state index in [1.54, 1.807) is 31.2 Å². The first-order valence-corrected chi connectivity index (χ1v) is 13.4. The van der Waals surface area contributed by atoms with E-state index in [1.807, 2.05) is 17.9 Å². The van der Waals surface area contributed by atoms with E-state index < -0.39 is 16.0 Å². The van der Waals surface area contributed by atoms with Crippen LogP contribution in [0.15, 0.2) is 47.4 Å². The van der Waals surface area contributed by atoms with Crippen LogP contribution in [0.25, 0.3) is 0 Å². The summed E-state index contributed by atoms with van der Waals surface area (Å²) in [7, 11) is -3.91. The van der Waals surface area contributed by atoms with Crippen molar-refractivity contribution in [3.05, 3.63) is 59.2 Å². The molecule has 2 bridgehead atoms. The van der Waals surface area contributed by atoms with Crippen LogP contribution in [0.4, 0.5) is 5.69 Å². The van der Waals surface area contributed by atoms with Gasteiger partial charge in [-0.25, -0.2) is 13.2 Å². The SMILES string of the molecule is Cc1cccc(NS(=O)(=O)c2ccc(C)c(C(=O)OCC(=O)N3CC4(C)CC3CC(C)(C)C4)c2)c1. The zero-order valence-corrected chi connectivity index (χ0v) is 21.9. The first kappa shape index (κ1) is 25.2. The maximum Gasteiger partial charge on any atom is 0.338 e. The van der Waals surface area contributed by atoms with E-state index in [-0.39, 0.29) is 39.8 Å². The topological polar surface area (TPSA) is 92.8 Å². The van der Waals surface area contributed by atoms with E-state index in [2.05, 4.69) is 25.5 Å². The minimum Gasteiger partial charge on any atom is -0.452 e. The van der Waals surface area contributed by atoms with E-state index >= 15 is 0 Å². The van der Waals surface area contributed by atoms with Crippen LogP contribution in [-0.4, -0.2) is 44.4 Å². The van der Waals surface area contributed by atoms with Gasteiger partial charge in [0.05, 0.1) is 10.5 Å². The highest BCUT2D eigenvalue weighted by Crippen LogP contribution is 2.52. The molecule has 1 heterocycles. The standard InChI is InChI=1S/C27H34N2O5S/c1-18-7-6-8-20(11-18)28-35(32,33)22-10-9-19(2)23(12-22)25(31)34-15-24(30)29-17-27(5)14-21(29)13-26(3,4)16-27/h6-12,21,28H,13-17H2,1-5H3. The lowest BCUT2D eigenvalue weighted by molar-refractivity contribution is -0.135. The number of ether oxygens (including phenoxy) is 1. The number of nitrogens with one attached hydrogen (secondary N) is 1. The summed E-state index contributed by atoms with van der Waals surface area (Å²) in [6.45, 7) is 10.6. The fraction of sp³-hybridized carbons (Fsp3) is 0.481. The lowest BCUT2D eigenvalue weighted by Gasteiger charge is -2.39. The van der Waals surface area contributed by atoms with Crippen molar-refractivity contribution in [3.8, 4) is 0 Å². The summed E-state index contributed by atoms with van der Waals surface area (Å²) in [6, 6.07) is 11.5. The Morgan fingerprint density at radius 2 is 1.83 bits per heavy atom. The number of amides is 1. The fourth-order valence-corrected chi connectivity index (χ4v) is 7.03. The predicted molar refractivity (Wildman–Crippen MR) is 135 cm³/mol. The summed E-state index contributed by atoms with van der Waals surface area (Å²) in [6.07, 6.45) is 2.98. The van der Waals surface area contributed by atoms with E-state index in [9.17, 15) is 18.0 Å². The number of aryl methyl sites for hydroxylation is 2. The van der Waals surface area contributed by atoms with Crippen LogP contribution in [0.3, 0.4) is 0 Å². The van der Waals surface area contributed by atoms with Crippen molar-refractivity contribution in [2.45, 2.75) is 64.8 Å². The second-order valence-corrected chi connectivity index (χ2v) is 12.9. The highest BCUT2D eigenvalue weighted by atomic mass is 32.2. The second kappa shape index (κ2) is 8.97. The Morgan fingerprint density at radius 3 is 2.54 bits per heavy atom. The average Bonchev–Trinajstić information content (AvgIpc) is 3.00. The number of rotatable bonds is 6. The number of anilines is 1. The largest absolute Gasteiger partial charge is 0.452 e. The Morgan fingerprint density at radius 1 is 1.09 bits per heavy atom. The third kappa shape index (κ3) is 5.53. The minimum atomic E-state index is -3.91. The molecule has 2 atom stereocenters. The monoisotopic (exact) mass is 498 g/mol. The maximum absolute atomic E-state index is 13.0. The predicted octanol–water partition coefficient (Wildman–Crippen LogP) is 4.69. The lowest BCUT2D eigenvalue weighted by Crippen LogP contribution is -2.39. The van der Waals surface area contributed by atoms with Crippen molar-refractivity contribution in [2.24, 2.45) is 10.8 Å². The molecule has 8 heteroatoms. The molecule has 2 aromatic carbocycles. The maximum atomic E-state index is 13.0. The van der Waals surface area contributed by atoms with Gasteiger partial charge >= 0.3 is 5.97 Å². The summed E-state index contributed by atoms with van der Waals surface area (Å²) in [5.74, 6) is -0.913. The Balaban J connectivity index is 1.45. The fourth-order valence-electron chi connectivity index (χ4n) is 5.95. The van der Waals surface area contributed by atoms with Gasteiger partial charge in [-0.3, -0.25) is 9.52 Å². The summed E-state index contributed by atoms with van der Waals surface area (Å²) in [4.78, 5) is 27.6. The van der Waals surface area contributed by atoms with Gasteiger partial charge in [0.25, 0.3) is 15.9 Å². The zero-order chi connectivity index (χ0) is 25.6. The molecule has 35 heavy (non-hydrogen) atoms. The molecule has 0 radical (unpaired) electrons. The third-order valence-corrected chi connectivity index (χ3v) is 8.45. The van der Waals surface area contributed by atoms with Crippen LogP contribution in [-0.2, 0) is 19.6 Å². The van der Waals surface area contributed by atoms with Crippen LogP contribution in [0, 0.1) is 24.7 Å². The van der Waals surface area contributed by atoms with Crippen molar-refractivity contribution in [1.82, 2.24) is 4.90 Å². The number of sulfonamides is 1. The molecule has 2 fully saturated rings.